The molecule has 0 rings (SSSR count). The highest BCUT2D eigenvalue weighted by Crippen LogP contribution is 2.15. The fourth-order valence-corrected chi connectivity index (χ4v) is 1.68. The largest absolute Gasteiger partial charge is 0.356 e. The Bertz CT molecular complexity index is 340. The zero-order valence-electron chi connectivity index (χ0n) is 14.0. The second-order valence-electron chi connectivity index (χ2n) is 6.40. The number of imide groups is 1. The molecule has 0 fully saturated rings. The van der Waals surface area contributed by atoms with Gasteiger partial charge in [-0.25, -0.2) is 0 Å². The van der Waals surface area contributed by atoms with E-state index in [2.05, 4.69) is 19.2 Å². The van der Waals surface area contributed by atoms with Crippen LogP contribution in [0.4, 0.5) is 0 Å². The first-order chi connectivity index (χ1) is 9.77. The summed E-state index contributed by atoms with van der Waals surface area (Å²) in [6.45, 7) is 11.1. The predicted octanol–water partition coefficient (Wildman–Crippen LogP) is 2.21. The van der Waals surface area contributed by atoms with Gasteiger partial charge in [-0.1, -0.05) is 34.6 Å². The van der Waals surface area contributed by atoms with Crippen molar-refractivity contribution in [1.29, 1.82) is 0 Å². The van der Waals surface area contributed by atoms with Crippen LogP contribution in [0, 0.1) is 17.8 Å². The van der Waals surface area contributed by atoms with Crippen molar-refractivity contribution in [1.82, 2.24) is 10.2 Å². The van der Waals surface area contributed by atoms with Gasteiger partial charge in [-0.3, -0.25) is 19.3 Å². The molecule has 0 aromatic carbocycles. The third-order valence-electron chi connectivity index (χ3n) is 3.71. The predicted molar refractivity (Wildman–Crippen MR) is 83.5 cm³/mol. The highest BCUT2D eigenvalue weighted by atomic mass is 16.2. The topological polar surface area (TPSA) is 66.5 Å². The third-order valence-corrected chi connectivity index (χ3v) is 3.71. The van der Waals surface area contributed by atoms with Crippen molar-refractivity contribution < 1.29 is 14.4 Å². The molecule has 21 heavy (non-hydrogen) atoms. The van der Waals surface area contributed by atoms with Crippen LogP contribution in [0.1, 0.15) is 53.9 Å². The Kier molecular flexibility index (Phi) is 9.67. The number of nitrogens with one attached hydrogen (secondary N) is 1. The number of carbonyl (C=O) groups excluding carboxylic acids is 3. The number of amides is 3. The summed E-state index contributed by atoms with van der Waals surface area (Å²) < 4.78 is 0. The van der Waals surface area contributed by atoms with Gasteiger partial charge in [-0.2, -0.15) is 0 Å². The Morgan fingerprint density at radius 3 is 2.24 bits per heavy atom. The summed E-state index contributed by atoms with van der Waals surface area (Å²) in [4.78, 5) is 35.7. The van der Waals surface area contributed by atoms with E-state index in [1.165, 1.54) is 0 Å². The maximum Gasteiger partial charge on any atom is 0.229 e. The average molecular weight is 298 g/mol. The molecule has 0 saturated carbocycles. The number of carbonyl (C=O) groups is 3. The SMILES string of the molecule is CC(C)CCNC(=O)CCN(C=O)C(=O)CC(C)C(C)C. The molecule has 3 amide bonds. The van der Waals surface area contributed by atoms with E-state index in [0.29, 0.717) is 31.2 Å². The van der Waals surface area contributed by atoms with Crippen LogP contribution in [-0.4, -0.2) is 36.2 Å². The molecular formula is C16H30N2O3. The van der Waals surface area contributed by atoms with Gasteiger partial charge in [0.15, 0.2) is 0 Å². The van der Waals surface area contributed by atoms with E-state index >= 15 is 0 Å². The molecule has 1 N–H and O–H groups in total. The van der Waals surface area contributed by atoms with Gasteiger partial charge in [0.05, 0.1) is 0 Å². The molecule has 122 valence electrons. The fourth-order valence-electron chi connectivity index (χ4n) is 1.68. The van der Waals surface area contributed by atoms with Gasteiger partial charge in [0, 0.05) is 25.9 Å². The highest BCUT2D eigenvalue weighted by Gasteiger charge is 2.18. The second kappa shape index (κ2) is 10.4. The van der Waals surface area contributed by atoms with E-state index < -0.39 is 0 Å². The molecule has 1 atom stereocenters. The molecular weight excluding hydrogens is 268 g/mol. The molecule has 0 aliphatic rings. The van der Waals surface area contributed by atoms with Crippen LogP contribution < -0.4 is 5.32 Å². The quantitative estimate of drug-likeness (QED) is 0.629. The lowest BCUT2D eigenvalue weighted by Crippen LogP contribution is -2.35. The van der Waals surface area contributed by atoms with Crippen LogP contribution in [0.25, 0.3) is 0 Å². The maximum absolute atomic E-state index is 12.0. The van der Waals surface area contributed by atoms with Crippen molar-refractivity contribution in [2.45, 2.75) is 53.9 Å². The van der Waals surface area contributed by atoms with Gasteiger partial charge in [-0.15, -0.1) is 0 Å². The van der Waals surface area contributed by atoms with Gasteiger partial charge in [0.25, 0.3) is 0 Å². The Labute approximate surface area is 128 Å². The molecule has 0 spiro atoms. The first-order valence-electron chi connectivity index (χ1n) is 7.79. The smallest absolute Gasteiger partial charge is 0.229 e. The summed E-state index contributed by atoms with van der Waals surface area (Å²) in [6.07, 6.45) is 1.95. The molecule has 0 aromatic rings. The molecule has 0 aromatic heterocycles. The van der Waals surface area contributed by atoms with Gasteiger partial charge in [0.2, 0.25) is 18.2 Å². The van der Waals surface area contributed by atoms with Crippen molar-refractivity contribution in [3.8, 4) is 0 Å². The molecule has 0 bridgehead atoms. The number of hydrogen-bond acceptors (Lipinski definition) is 3. The summed E-state index contributed by atoms with van der Waals surface area (Å²) in [6, 6.07) is 0. The minimum atomic E-state index is -0.207. The molecule has 0 saturated heterocycles. The number of hydrogen-bond donors (Lipinski definition) is 1. The van der Waals surface area contributed by atoms with Crippen LogP contribution in [-0.2, 0) is 14.4 Å². The average Bonchev–Trinajstić information content (AvgIpc) is 2.38. The number of rotatable bonds is 10. The monoisotopic (exact) mass is 298 g/mol. The summed E-state index contributed by atoms with van der Waals surface area (Å²) in [5.74, 6) is 0.825. The molecule has 0 aliphatic heterocycles. The Morgan fingerprint density at radius 1 is 1.14 bits per heavy atom. The zero-order valence-corrected chi connectivity index (χ0v) is 14.0. The summed E-state index contributed by atoms with van der Waals surface area (Å²) >= 11 is 0. The minimum absolute atomic E-state index is 0.118. The Hall–Kier alpha value is -1.39. The molecule has 5 nitrogen and oxygen atoms in total. The zero-order chi connectivity index (χ0) is 16.4. The molecule has 0 aliphatic carbocycles. The van der Waals surface area contributed by atoms with Gasteiger partial charge < -0.3 is 5.32 Å². The van der Waals surface area contributed by atoms with E-state index in [4.69, 9.17) is 0 Å². The normalized spacial score (nSPS) is 12.3. The first-order valence-corrected chi connectivity index (χ1v) is 7.79. The lowest BCUT2D eigenvalue weighted by molar-refractivity contribution is -0.139. The Balaban J connectivity index is 4.11. The van der Waals surface area contributed by atoms with Crippen LogP contribution >= 0.6 is 0 Å². The molecule has 0 heterocycles. The van der Waals surface area contributed by atoms with Crippen molar-refractivity contribution in [2.24, 2.45) is 17.8 Å². The van der Waals surface area contributed by atoms with E-state index in [-0.39, 0.29) is 30.7 Å². The van der Waals surface area contributed by atoms with Gasteiger partial charge in [0.1, 0.15) is 0 Å². The summed E-state index contributed by atoms with van der Waals surface area (Å²) in [5, 5.41) is 2.80. The van der Waals surface area contributed by atoms with E-state index in [1.54, 1.807) is 0 Å². The maximum atomic E-state index is 12.0. The van der Waals surface area contributed by atoms with E-state index in [1.807, 2.05) is 20.8 Å². The van der Waals surface area contributed by atoms with Crippen molar-refractivity contribution in [3.63, 3.8) is 0 Å². The molecule has 0 radical (unpaired) electrons. The van der Waals surface area contributed by atoms with Crippen LogP contribution in [0.5, 0.6) is 0 Å². The number of nitrogens with zero attached hydrogens (tertiary/aromatic N) is 1. The lowest BCUT2D eigenvalue weighted by atomic mass is 9.94. The standard InChI is InChI=1S/C16H30N2O3/c1-12(2)6-8-17-15(20)7-9-18(11-19)16(21)10-14(5)13(3)4/h11-14H,6-10H2,1-5H3,(H,17,20). The highest BCUT2D eigenvalue weighted by molar-refractivity contribution is 5.87. The first kappa shape index (κ1) is 19.6. The lowest BCUT2D eigenvalue weighted by Gasteiger charge is -2.20. The van der Waals surface area contributed by atoms with Crippen molar-refractivity contribution in [3.05, 3.63) is 0 Å². The molecule has 1 unspecified atom stereocenters. The van der Waals surface area contributed by atoms with Crippen LogP contribution in [0.15, 0.2) is 0 Å². The van der Waals surface area contributed by atoms with Gasteiger partial charge in [-0.05, 0) is 24.2 Å². The van der Waals surface area contributed by atoms with E-state index in [0.717, 1.165) is 11.3 Å². The summed E-state index contributed by atoms with van der Waals surface area (Å²) in [7, 11) is 0. The van der Waals surface area contributed by atoms with E-state index in [9.17, 15) is 14.4 Å². The Morgan fingerprint density at radius 2 is 1.76 bits per heavy atom. The van der Waals surface area contributed by atoms with Gasteiger partial charge >= 0.3 is 0 Å². The van der Waals surface area contributed by atoms with Crippen LogP contribution in [0.3, 0.4) is 0 Å². The van der Waals surface area contributed by atoms with Crippen molar-refractivity contribution >= 4 is 18.2 Å². The minimum Gasteiger partial charge on any atom is -0.356 e. The van der Waals surface area contributed by atoms with Crippen LogP contribution in [0.2, 0.25) is 0 Å². The second-order valence-corrected chi connectivity index (χ2v) is 6.40. The fraction of sp³-hybridized carbons (Fsp3) is 0.812. The third kappa shape index (κ3) is 9.21. The summed E-state index contributed by atoms with van der Waals surface area (Å²) in [5.41, 5.74) is 0. The molecule has 5 heteroatoms. The van der Waals surface area contributed by atoms with Crippen molar-refractivity contribution in [2.75, 3.05) is 13.1 Å².